The zero-order valence-electron chi connectivity index (χ0n) is 10.0. The summed E-state index contributed by atoms with van der Waals surface area (Å²) in [5.74, 6) is -0.593. The van der Waals surface area contributed by atoms with Crippen LogP contribution in [0.1, 0.15) is 18.9 Å². The van der Waals surface area contributed by atoms with Crippen molar-refractivity contribution in [3.05, 3.63) is 34.6 Å². The van der Waals surface area contributed by atoms with E-state index in [0.29, 0.717) is 18.1 Å². The van der Waals surface area contributed by atoms with Gasteiger partial charge in [0.25, 0.3) is 0 Å². The molecule has 0 amide bonds. The van der Waals surface area contributed by atoms with Crippen LogP contribution in [-0.4, -0.2) is 19.5 Å². The lowest BCUT2D eigenvalue weighted by atomic mass is 9.97. The zero-order chi connectivity index (χ0) is 12.8. The fraction of sp³-hybridized carbons (Fsp3) is 0.462. The lowest BCUT2D eigenvalue weighted by Gasteiger charge is -2.11. The molecular weight excluding hydrogens is 243 g/mol. The van der Waals surface area contributed by atoms with Crippen LogP contribution in [0.3, 0.4) is 0 Å². The van der Waals surface area contributed by atoms with Gasteiger partial charge in [0.05, 0.1) is 0 Å². The normalized spacial score (nSPS) is 12.5. The van der Waals surface area contributed by atoms with Crippen LogP contribution in [0.15, 0.2) is 18.2 Å². The topological polar surface area (TPSA) is 26.3 Å². The van der Waals surface area contributed by atoms with E-state index < -0.39 is 5.82 Å². The highest BCUT2D eigenvalue weighted by molar-refractivity contribution is 6.31. The lowest BCUT2D eigenvalue weighted by Crippen LogP contribution is -2.16. The SMILES string of the molecule is COCCC(C)C(=O)Cc1c(F)cccc1Cl. The first-order valence-electron chi connectivity index (χ1n) is 5.50. The van der Waals surface area contributed by atoms with E-state index >= 15 is 0 Å². The molecule has 0 saturated carbocycles. The number of rotatable bonds is 6. The van der Waals surface area contributed by atoms with Crippen molar-refractivity contribution in [2.75, 3.05) is 13.7 Å². The van der Waals surface area contributed by atoms with Crippen molar-refractivity contribution in [1.82, 2.24) is 0 Å². The Bertz CT molecular complexity index is 373. The van der Waals surface area contributed by atoms with E-state index in [2.05, 4.69) is 0 Å². The van der Waals surface area contributed by atoms with Crippen LogP contribution in [0, 0.1) is 11.7 Å². The van der Waals surface area contributed by atoms with E-state index in [9.17, 15) is 9.18 Å². The van der Waals surface area contributed by atoms with Crippen molar-refractivity contribution in [2.45, 2.75) is 19.8 Å². The molecule has 0 radical (unpaired) electrons. The number of benzene rings is 1. The molecular formula is C13H16ClFO2. The van der Waals surface area contributed by atoms with E-state index in [4.69, 9.17) is 16.3 Å². The Labute approximate surface area is 106 Å². The number of ketones is 1. The van der Waals surface area contributed by atoms with Gasteiger partial charge in [-0.3, -0.25) is 4.79 Å². The van der Waals surface area contributed by atoms with E-state index in [-0.39, 0.29) is 23.7 Å². The molecule has 0 aliphatic carbocycles. The zero-order valence-corrected chi connectivity index (χ0v) is 10.8. The number of carbonyl (C=O) groups excluding carboxylic acids is 1. The Balaban J connectivity index is 2.68. The standard InChI is InChI=1S/C13H16ClFO2/c1-9(6-7-17-2)13(16)8-10-11(14)4-3-5-12(10)15/h3-5,9H,6-8H2,1-2H3. The first-order valence-corrected chi connectivity index (χ1v) is 5.88. The van der Waals surface area contributed by atoms with Crippen molar-refractivity contribution in [3.63, 3.8) is 0 Å². The third-order valence-corrected chi connectivity index (χ3v) is 3.07. The molecule has 17 heavy (non-hydrogen) atoms. The van der Waals surface area contributed by atoms with Crippen molar-refractivity contribution in [2.24, 2.45) is 5.92 Å². The Morgan fingerprint density at radius 3 is 2.82 bits per heavy atom. The minimum absolute atomic E-state index is 0.0194. The van der Waals surface area contributed by atoms with Crippen LogP contribution in [0.5, 0.6) is 0 Å². The highest BCUT2D eigenvalue weighted by Gasteiger charge is 2.17. The van der Waals surface area contributed by atoms with Crippen LogP contribution in [-0.2, 0) is 16.0 Å². The van der Waals surface area contributed by atoms with Crippen molar-refractivity contribution < 1.29 is 13.9 Å². The molecule has 0 aliphatic rings. The summed E-state index contributed by atoms with van der Waals surface area (Å²) in [6, 6.07) is 4.43. The average molecular weight is 259 g/mol. The van der Waals surface area contributed by atoms with Gasteiger partial charge in [-0.1, -0.05) is 24.6 Å². The van der Waals surface area contributed by atoms with Crippen molar-refractivity contribution >= 4 is 17.4 Å². The Morgan fingerprint density at radius 1 is 1.53 bits per heavy atom. The highest BCUT2D eigenvalue weighted by Crippen LogP contribution is 2.21. The first kappa shape index (κ1) is 14.1. The van der Waals surface area contributed by atoms with Gasteiger partial charge in [-0.25, -0.2) is 4.39 Å². The molecule has 0 bridgehead atoms. The molecule has 0 fully saturated rings. The number of methoxy groups -OCH3 is 1. The van der Waals surface area contributed by atoms with E-state index in [1.54, 1.807) is 13.2 Å². The molecule has 1 atom stereocenters. The van der Waals surface area contributed by atoms with Crippen LogP contribution in [0.25, 0.3) is 0 Å². The second-order valence-electron chi connectivity index (χ2n) is 4.03. The van der Waals surface area contributed by atoms with Crippen LogP contribution in [0.2, 0.25) is 5.02 Å². The minimum Gasteiger partial charge on any atom is -0.385 e. The maximum absolute atomic E-state index is 13.5. The summed E-state index contributed by atoms with van der Waals surface area (Å²) in [5, 5.41) is 0.303. The summed E-state index contributed by atoms with van der Waals surface area (Å²) >= 11 is 5.87. The van der Waals surface area contributed by atoms with Crippen LogP contribution in [0.4, 0.5) is 4.39 Å². The third kappa shape index (κ3) is 4.10. The Kier molecular flexibility index (Phi) is 5.59. The van der Waals surface area contributed by atoms with Gasteiger partial charge in [0.15, 0.2) is 0 Å². The predicted molar refractivity (Wildman–Crippen MR) is 65.8 cm³/mol. The Hall–Kier alpha value is -0.930. The summed E-state index contributed by atoms with van der Waals surface area (Å²) in [7, 11) is 1.59. The average Bonchev–Trinajstić information content (AvgIpc) is 2.30. The fourth-order valence-electron chi connectivity index (χ4n) is 1.51. The largest absolute Gasteiger partial charge is 0.385 e. The van der Waals surface area contributed by atoms with E-state index in [1.165, 1.54) is 12.1 Å². The highest BCUT2D eigenvalue weighted by atomic mass is 35.5. The number of Topliss-reactive ketones (excluding diaryl/α,β-unsaturated/α-hetero) is 1. The monoisotopic (exact) mass is 258 g/mol. The summed E-state index contributed by atoms with van der Waals surface area (Å²) in [5.41, 5.74) is 0.281. The predicted octanol–water partition coefficient (Wildman–Crippen LogP) is 3.26. The second kappa shape index (κ2) is 6.72. The number of carbonyl (C=O) groups is 1. The Morgan fingerprint density at radius 2 is 2.24 bits per heavy atom. The van der Waals surface area contributed by atoms with Gasteiger partial charge in [0.2, 0.25) is 0 Å². The number of hydrogen-bond donors (Lipinski definition) is 0. The molecule has 2 nitrogen and oxygen atoms in total. The van der Waals surface area contributed by atoms with Gasteiger partial charge >= 0.3 is 0 Å². The molecule has 1 aromatic carbocycles. The minimum atomic E-state index is -0.426. The van der Waals surface area contributed by atoms with Crippen molar-refractivity contribution in [3.8, 4) is 0 Å². The van der Waals surface area contributed by atoms with E-state index in [1.807, 2.05) is 6.92 Å². The molecule has 0 saturated heterocycles. The van der Waals surface area contributed by atoms with Crippen LogP contribution >= 0.6 is 11.6 Å². The second-order valence-corrected chi connectivity index (χ2v) is 4.43. The third-order valence-electron chi connectivity index (χ3n) is 2.72. The summed E-state index contributed by atoms with van der Waals surface area (Å²) < 4.78 is 18.4. The summed E-state index contributed by atoms with van der Waals surface area (Å²) in [4.78, 5) is 11.8. The number of halogens is 2. The fourth-order valence-corrected chi connectivity index (χ4v) is 1.74. The summed E-state index contributed by atoms with van der Waals surface area (Å²) in [6.07, 6.45) is 0.678. The molecule has 4 heteroatoms. The smallest absolute Gasteiger partial charge is 0.140 e. The van der Waals surface area contributed by atoms with Gasteiger partial charge in [-0.2, -0.15) is 0 Å². The summed E-state index contributed by atoms with van der Waals surface area (Å²) in [6.45, 7) is 2.34. The molecule has 0 spiro atoms. The van der Waals surface area contributed by atoms with Crippen LogP contribution < -0.4 is 0 Å². The van der Waals surface area contributed by atoms with Gasteiger partial charge in [-0.15, -0.1) is 0 Å². The molecule has 0 N–H and O–H groups in total. The first-order chi connectivity index (χ1) is 8.06. The molecule has 0 heterocycles. The molecule has 1 unspecified atom stereocenters. The number of ether oxygens (including phenoxy) is 1. The molecule has 1 aromatic rings. The lowest BCUT2D eigenvalue weighted by molar-refractivity contribution is -0.122. The quantitative estimate of drug-likeness (QED) is 0.783. The van der Waals surface area contributed by atoms with Gasteiger partial charge in [0, 0.05) is 36.6 Å². The van der Waals surface area contributed by atoms with E-state index in [0.717, 1.165) is 0 Å². The van der Waals surface area contributed by atoms with Gasteiger partial charge < -0.3 is 4.74 Å². The van der Waals surface area contributed by atoms with Gasteiger partial charge in [-0.05, 0) is 18.6 Å². The molecule has 1 rings (SSSR count). The maximum Gasteiger partial charge on any atom is 0.140 e. The molecule has 0 aromatic heterocycles. The molecule has 0 aliphatic heterocycles. The van der Waals surface area contributed by atoms with Crippen molar-refractivity contribution in [1.29, 1.82) is 0 Å². The maximum atomic E-state index is 13.5. The molecule has 94 valence electrons. The van der Waals surface area contributed by atoms with Gasteiger partial charge in [0.1, 0.15) is 11.6 Å². The number of hydrogen-bond acceptors (Lipinski definition) is 2.